The van der Waals surface area contributed by atoms with E-state index in [0.29, 0.717) is 6.42 Å². The number of hydrogen-bond donors (Lipinski definition) is 1. The fraction of sp³-hybridized carbons (Fsp3) is 0.286. The summed E-state index contributed by atoms with van der Waals surface area (Å²) >= 11 is 7.60. The Labute approximate surface area is 121 Å². The van der Waals surface area contributed by atoms with Crippen molar-refractivity contribution in [2.24, 2.45) is 0 Å². The van der Waals surface area contributed by atoms with Crippen LogP contribution in [-0.2, 0) is 6.42 Å². The number of hydrogen-bond acceptors (Lipinski definition) is 3. The zero-order valence-electron chi connectivity index (χ0n) is 10.7. The van der Waals surface area contributed by atoms with Gasteiger partial charge in [0.2, 0.25) is 0 Å². The van der Waals surface area contributed by atoms with Gasteiger partial charge in [0.1, 0.15) is 11.6 Å². The number of likely N-dealkylation sites (N-methyl/N-ethyl adjacent to an activating group) is 1. The number of methoxy groups -OCH3 is 1. The van der Waals surface area contributed by atoms with Crippen LogP contribution < -0.4 is 10.1 Å². The van der Waals surface area contributed by atoms with Crippen molar-refractivity contribution in [1.82, 2.24) is 5.32 Å². The lowest BCUT2D eigenvalue weighted by Crippen LogP contribution is -2.18. The van der Waals surface area contributed by atoms with E-state index in [-0.39, 0.29) is 16.9 Å². The summed E-state index contributed by atoms with van der Waals surface area (Å²) in [5.74, 6) is 0.461. The highest BCUT2D eigenvalue weighted by Crippen LogP contribution is 2.31. The van der Waals surface area contributed by atoms with Crippen LogP contribution in [0.15, 0.2) is 29.6 Å². The highest BCUT2D eigenvalue weighted by atomic mass is 35.5. The first-order chi connectivity index (χ1) is 9.15. The van der Waals surface area contributed by atoms with Gasteiger partial charge in [-0.3, -0.25) is 0 Å². The molecule has 19 heavy (non-hydrogen) atoms. The molecule has 0 fully saturated rings. The number of benzene rings is 1. The van der Waals surface area contributed by atoms with Crippen LogP contribution >= 0.6 is 22.9 Å². The molecule has 102 valence electrons. The Bertz CT molecular complexity index is 558. The van der Waals surface area contributed by atoms with Crippen molar-refractivity contribution in [1.29, 1.82) is 0 Å². The van der Waals surface area contributed by atoms with Crippen molar-refractivity contribution in [3.63, 3.8) is 0 Å². The van der Waals surface area contributed by atoms with Gasteiger partial charge >= 0.3 is 0 Å². The summed E-state index contributed by atoms with van der Waals surface area (Å²) < 4.78 is 18.6. The van der Waals surface area contributed by atoms with Crippen LogP contribution in [0.25, 0.3) is 0 Å². The quantitative estimate of drug-likeness (QED) is 0.899. The van der Waals surface area contributed by atoms with Crippen molar-refractivity contribution in [2.45, 2.75) is 12.5 Å². The zero-order valence-corrected chi connectivity index (χ0v) is 12.3. The lowest BCUT2D eigenvalue weighted by molar-refractivity contribution is 0.416. The van der Waals surface area contributed by atoms with Gasteiger partial charge < -0.3 is 10.1 Å². The van der Waals surface area contributed by atoms with E-state index in [1.54, 1.807) is 24.5 Å². The van der Waals surface area contributed by atoms with E-state index in [1.807, 2.05) is 24.6 Å². The molecule has 0 radical (unpaired) electrons. The number of thiophene rings is 1. The smallest absolute Gasteiger partial charge is 0.142 e. The maximum Gasteiger partial charge on any atom is 0.142 e. The zero-order chi connectivity index (χ0) is 13.8. The van der Waals surface area contributed by atoms with Gasteiger partial charge in [-0.15, -0.1) is 11.3 Å². The maximum atomic E-state index is 13.4. The van der Waals surface area contributed by atoms with Gasteiger partial charge in [0.25, 0.3) is 0 Å². The van der Waals surface area contributed by atoms with Crippen molar-refractivity contribution >= 4 is 22.9 Å². The molecule has 0 saturated heterocycles. The average molecular weight is 300 g/mol. The molecule has 1 unspecified atom stereocenters. The first-order valence-corrected chi connectivity index (χ1v) is 7.14. The Morgan fingerprint density at radius 3 is 2.89 bits per heavy atom. The summed E-state index contributed by atoms with van der Waals surface area (Å²) in [5, 5.41) is 5.38. The van der Waals surface area contributed by atoms with Gasteiger partial charge in [-0.1, -0.05) is 23.7 Å². The Kier molecular flexibility index (Phi) is 4.80. The molecule has 0 aliphatic rings. The summed E-state index contributed by atoms with van der Waals surface area (Å²) in [6, 6.07) is 6.97. The van der Waals surface area contributed by atoms with Gasteiger partial charge in [0.05, 0.1) is 12.1 Å². The maximum absolute atomic E-state index is 13.4. The van der Waals surface area contributed by atoms with E-state index in [1.165, 1.54) is 6.07 Å². The van der Waals surface area contributed by atoms with E-state index < -0.39 is 0 Å². The second kappa shape index (κ2) is 6.37. The fourth-order valence-corrected chi connectivity index (χ4v) is 3.06. The summed E-state index contributed by atoms with van der Waals surface area (Å²) in [6.45, 7) is 0. The first kappa shape index (κ1) is 14.3. The molecule has 1 heterocycles. The largest absolute Gasteiger partial charge is 0.496 e. The number of rotatable bonds is 5. The first-order valence-electron chi connectivity index (χ1n) is 5.88. The molecule has 2 rings (SSSR count). The Hall–Kier alpha value is -1.10. The molecular weight excluding hydrogens is 285 g/mol. The van der Waals surface area contributed by atoms with E-state index in [4.69, 9.17) is 16.3 Å². The molecule has 2 nitrogen and oxygen atoms in total. The molecule has 1 aromatic carbocycles. The second-order valence-corrected chi connectivity index (χ2v) is 5.47. The molecule has 0 amide bonds. The van der Waals surface area contributed by atoms with Crippen LogP contribution in [0.2, 0.25) is 5.02 Å². The Balaban J connectivity index is 2.21. The topological polar surface area (TPSA) is 21.3 Å². The van der Waals surface area contributed by atoms with Crippen LogP contribution in [0.4, 0.5) is 4.39 Å². The van der Waals surface area contributed by atoms with Gasteiger partial charge in [-0.25, -0.2) is 4.39 Å². The predicted molar refractivity (Wildman–Crippen MR) is 77.8 cm³/mol. The summed E-state index contributed by atoms with van der Waals surface area (Å²) in [5.41, 5.74) is 0.799. The monoisotopic (exact) mass is 299 g/mol. The van der Waals surface area contributed by atoms with Gasteiger partial charge in [-0.2, -0.15) is 0 Å². The second-order valence-electron chi connectivity index (χ2n) is 4.15. The third-order valence-corrected chi connectivity index (χ3v) is 4.43. The molecule has 0 spiro atoms. The van der Waals surface area contributed by atoms with E-state index in [0.717, 1.165) is 16.2 Å². The van der Waals surface area contributed by atoms with Crippen molar-refractivity contribution in [3.8, 4) is 5.75 Å². The molecule has 5 heteroatoms. The number of ether oxygens (including phenoxy) is 1. The molecule has 1 aromatic heterocycles. The fourth-order valence-electron chi connectivity index (χ4n) is 1.90. The lowest BCUT2D eigenvalue weighted by atomic mass is 10.0. The van der Waals surface area contributed by atoms with Crippen molar-refractivity contribution in [3.05, 3.63) is 50.9 Å². The minimum Gasteiger partial charge on any atom is -0.496 e. The molecule has 2 aromatic rings. The van der Waals surface area contributed by atoms with E-state index in [9.17, 15) is 4.39 Å². The minimum atomic E-state index is -0.377. The van der Waals surface area contributed by atoms with Gasteiger partial charge in [0.15, 0.2) is 0 Å². The summed E-state index contributed by atoms with van der Waals surface area (Å²) in [6.07, 6.45) is 0.636. The van der Waals surface area contributed by atoms with Crippen molar-refractivity contribution in [2.75, 3.05) is 14.2 Å². The molecule has 0 aliphatic carbocycles. The average Bonchev–Trinajstić information content (AvgIpc) is 2.89. The SMILES string of the molecule is CNC(Cc1cccc(F)c1Cl)c1cc(OC)cs1. The summed E-state index contributed by atoms with van der Waals surface area (Å²) in [7, 11) is 3.52. The van der Waals surface area contributed by atoms with Gasteiger partial charge in [-0.05, 0) is 31.2 Å². The Morgan fingerprint density at radius 1 is 1.47 bits per heavy atom. The van der Waals surface area contributed by atoms with Crippen LogP contribution in [-0.4, -0.2) is 14.2 Å². The van der Waals surface area contributed by atoms with Crippen molar-refractivity contribution < 1.29 is 9.13 Å². The third kappa shape index (κ3) is 3.26. The lowest BCUT2D eigenvalue weighted by Gasteiger charge is -2.15. The highest BCUT2D eigenvalue weighted by molar-refractivity contribution is 7.10. The minimum absolute atomic E-state index is 0.0909. The molecule has 1 N–H and O–H groups in total. The third-order valence-electron chi connectivity index (χ3n) is 2.98. The van der Waals surface area contributed by atoms with Crippen LogP contribution in [0, 0.1) is 5.82 Å². The molecule has 1 atom stereocenters. The standard InChI is InChI=1S/C14H15ClFNOS/c1-17-12(13-7-10(18-2)8-19-13)6-9-4-3-5-11(16)14(9)15/h3-5,7-8,12,17H,6H2,1-2H3. The Morgan fingerprint density at radius 2 is 2.26 bits per heavy atom. The van der Waals surface area contributed by atoms with Crippen LogP contribution in [0.5, 0.6) is 5.75 Å². The highest BCUT2D eigenvalue weighted by Gasteiger charge is 2.16. The van der Waals surface area contributed by atoms with E-state index >= 15 is 0 Å². The van der Waals surface area contributed by atoms with Crippen LogP contribution in [0.3, 0.4) is 0 Å². The van der Waals surface area contributed by atoms with Gasteiger partial charge in [0, 0.05) is 16.3 Å². The van der Waals surface area contributed by atoms with E-state index in [2.05, 4.69) is 5.32 Å². The number of halogens is 2. The molecule has 0 aliphatic heterocycles. The number of nitrogens with one attached hydrogen (secondary N) is 1. The molecule has 0 bridgehead atoms. The van der Waals surface area contributed by atoms with Crippen LogP contribution in [0.1, 0.15) is 16.5 Å². The summed E-state index contributed by atoms with van der Waals surface area (Å²) in [4.78, 5) is 1.14. The molecule has 0 saturated carbocycles. The normalized spacial score (nSPS) is 12.4. The molecular formula is C14H15ClFNOS. The predicted octanol–water partition coefficient (Wildman–Crippen LogP) is 4.05.